The summed E-state index contributed by atoms with van der Waals surface area (Å²) in [5.74, 6) is -0.915. The number of anilines is 1. The van der Waals surface area contributed by atoms with Gasteiger partial charge in [0.2, 0.25) is 11.8 Å². The number of nitrogens with one attached hydrogen (secondary N) is 1. The van der Waals surface area contributed by atoms with E-state index in [0.717, 1.165) is 20.8 Å². The molecule has 0 aliphatic carbocycles. The van der Waals surface area contributed by atoms with Crippen LogP contribution in [0.15, 0.2) is 82.2 Å². The van der Waals surface area contributed by atoms with Crippen LogP contribution in [0, 0.1) is 0 Å². The maximum atomic E-state index is 13.9. The minimum Gasteiger partial charge on any atom is -0.352 e. The third-order valence-corrected chi connectivity index (χ3v) is 9.00. The van der Waals surface area contributed by atoms with E-state index < -0.39 is 28.5 Å². The fourth-order valence-corrected chi connectivity index (χ4v) is 6.26. The van der Waals surface area contributed by atoms with Gasteiger partial charge in [0.15, 0.2) is 0 Å². The topological polar surface area (TPSA) is 86.8 Å². The molecule has 2 amide bonds. The van der Waals surface area contributed by atoms with Crippen LogP contribution in [0.3, 0.4) is 0 Å². The van der Waals surface area contributed by atoms with Gasteiger partial charge in [-0.05, 0) is 68.3 Å². The van der Waals surface area contributed by atoms with E-state index in [1.165, 1.54) is 35.2 Å². The first-order chi connectivity index (χ1) is 18.4. The maximum Gasteiger partial charge on any atom is 0.264 e. The van der Waals surface area contributed by atoms with Crippen LogP contribution in [0.4, 0.5) is 5.69 Å². The first-order valence-electron chi connectivity index (χ1n) is 12.3. The summed E-state index contributed by atoms with van der Waals surface area (Å²) in [6.07, 6.45) is 0.718. The zero-order valence-electron chi connectivity index (χ0n) is 21.8. The van der Waals surface area contributed by atoms with Crippen molar-refractivity contribution in [1.82, 2.24) is 10.2 Å². The largest absolute Gasteiger partial charge is 0.352 e. The minimum atomic E-state index is -4.22. The molecule has 0 fully saturated rings. The summed E-state index contributed by atoms with van der Waals surface area (Å²) in [5.41, 5.74) is 0.861. The van der Waals surface area contributed by atoms with Crippen LogP contribution in [-0.2, 0) is 26.2 Å². The molecular formula is C28H30BrCl2N3O4S. The molecule has 11 heteroatoms. The van der Waals surface area contributed by atoms with Gasteiger partial charge in [-0.15, -0.1) is 0 Å². The molecule has 0 bridgehead atoms. The summed E-state index contributed by atoms with van der Waals surface area (Å²) < 4.78 is 29.4. The molecule has 0 saturated heterocycles. The van der Waals surface area contributed by atoms with Crippen LogP contribution >= 0.6 is 39.1 Å². The van der Waals surface area contributed by atoms with Gasteiger partial charge in [0, 0.05) is 22.1 Å². The minimum absolute atomic E-state index is 0.00933. The number of nitrogens with zero attached hydrogens (tertiary/aromatic N) is 2. The lowest BCUT2D eigenvalue weighted by Crippen LogP contribution is -2.52. The molecule has 0 aromatic heterocycles. The summed E-state index contributed by atoms with van der Waals surface area (Å²) in [4.78, 5) is 28.4. The summed E-state index contributed by atoms with van der Waals surface area (Å²) in [7, 11) is -4.22. The number of amides is 2. The molecule has 7 nitrogen and oxygen atoms in total. The number of carbonyl (C=O) groups is 2. The summed E-state index contributed by atoms with van der Waals surface area (Å²) in [6.45, 7) is 4.94. The van der Waals surface area contributed by atoms with Crippen molar-refractivity contribution in [2.45, 2.75) is 50.7 Å². The summed E-state index contributed by atoms with van der Waals surface area (Å²) in [5, 5.41) is 3.29. The van der Waals surface area contributed by atoms with E-state index in [4.69, 9.17) is 23.2 Å². The van der Waals surface area contributed by atoms with Crippen LogP contribution < -0.4 is 9.62 Å². The molecule has 0 aliphatic rings. The van der Waals surface area contributed by atoms with Crippen molar-refractivity contribution in [1.29, 1.82) is 0 Å². The standard InChI is InChI=1S/C28H30BrCl2N3O4S/c1-4-19(2)32-28(36)20(3)33(17-21-9-8-10-22(29)15-21)27(35)18-34(26-14-13-23(30)16-25(26)31)39(37,38)24-11-6-5-7-12-24/h5-16,19-20H,4,17-18H2,1-3H3,(H,32,36). The van der Waals surface area contributed by atoms with Crippen molar-refractivity contribution in [2.75, 3.05) is 10.8 Å². The fourth-order valence-electron chi connectivity index (χ4n) is 3.80. The SMILES string of the molecule is CCC(C)NC(=O)C(C)N(Cc1cccc(Br)c1)C(=O)CN(c1ccc(Cl)cc1Cl)S(=O)(=O)c1ccccc1. The van der Waals surface area contributed by atoms with Crippen LogP contribution in [0.5, 0.6) is 0 Å². The zero-order chi connectivity index (χ0) is 28.7. The molecule has 208 valence electrons. The highest BCUT2D eigenvalue weighted by Gasteiger charge is 2.33. The van der Waals surface area contributed by atoms with E-state index in [0.29, 0.717) is 5.02 Å². The Kier molecular flexibility index (Phi) is 10.8. The molecule has 3 aromatic carbocycles. The zero-order valence-corrected chi connectivity index (χ0v) is 25.7. The molecule has 3 aromatic rings. The van der Waals surface area contributed by atoms with Gasteiger partial charge in [0.1, 0.15) is 12.6 Å². The number of rotatable bonds is 11. The van der Waals surface area contributed by atoms with E-state index in [-0.39, 0.29) is 34.1 Å². The normalized spacial score (nSPS) is 12.9. The van der Waals surface area contributed by atoms with Crippen molar-refractivity contribution in [3.05, 3.63) is 92.9 Å². The average Bonchev–Trinajstić information content (AvgIpc) is 2.90. The van der Waals surface area contributed by atoms with E-state index in [9.17, 15) is 18.0 Å². The van der Waals surface area contributed by atoms with Gasteiger partial charge in [-0.25, -0.2) is 8.42 Å². The highest BCUT2D eigenvalue weighted by Crippen LogP contribution is 2.33. The van der Waals surface area contributed by atoms with Crippen molar-refractivity contribution in [3.63, 3.8) is 0 Å². The Morgan fingerprint density at radius 1 is 0.974 bits per heavy atom. The fraction of sp³-hybridized carbons (Fsp3) is 0.286. The van der Waals surface area contributed by atoms with Gasteiger partial charge >= 0.3 is 0 Å². The lowest BCUT2D eigenvalue weighted by molar-refractivity contribution is -0.139. The first-order valence-corrected chi connectivity index (χ1v) is 15.3. The Hall–Kier alpha value is -2.59. The van der Waals surface area contributed by atoms with Gasteiger partial charge in [-0.2, -0.15) is 0 Å². The molecule has 2 atom stereocenters. The molecule has 0 radical (unpaired) electrons. The van der Waals surface area contributed by atoms with Gasteiger partial charge in [-0.3, -0.25) is 13.9 Å². The first kappa shape index (κ1) is 30.9. The Labute approximate surface area is 248 Å². The van der Waals surface area contributed by atoms with Crippen molar-refractivity contribution in [2.24, 2.45) is 0 Å². The Morgan fingerprint density at radius 3 is 2.28 bits per heavy atom. The Bertz CT molecular complexity index is 1420. The summed E-state index contributed by atoms with van der Waals surface area (Å²) in [6, 6.07) is 18.5. The smallest absolute Gasteiger partial charge is 0.264 e. The third kappa shape index (κ3) is 7.97. The third-order valence-electron chi connectivity index (χ3n) is 6.20. The lowest BCUT2D eigenvalue weighted by Gasteiger charge is -2.32. The van der Waals surface area contributed by atoms with E-state index >= 15 is 0 Å². The quantitative estimate of drug-likeness (QED) is 0.264. The van der Waals surface area contributed by atoms with Crippen molar-refractivity contribution < 1.29 is 18.0 Å². The second kappa shape index (κ2) is 13.7. The van der Waals surface area contributed by atoms with Gasteiger partial charge in [0.05, 0.1) is 15.6 Å². The molecule has 0 aliphatic heterocycles. The average molecular weight is 655 g/mol. The molecule has 0 spiro atoms. The lowest BCUT2D eigenvalue weighted by atomic mass is 10.1. The van der Waals surface area contributed by atoms with E-state index in [1.54, 1.807) is 25.1 Å². The molecule has 1 N–H and O–H groups in total. The molecule has 3 rings (SSSR count). The Balaban J connectivity index is 2.05. The molecule has 2 unspecified atom stereocenters. The number of sulfonamides is 1. The van der Waals surface area contributed by atoms with Crippen LogP contribution in [-0.4, -0.2) is 43.8 Å². The van der Waals surface area contributed by atoms with Crippen LogP contribution in [0.1, 0.15) is 32.8 Å². The number of benzene rings is 3. The van der Waals surface area contributed by atoms with E-state index in [2.05, 4.69) is 21.2 Å². The predicted molar refractivity (Wildman–Crippen MR) is 159 cm³/mol. The second-order valence-corrected chi connectivity index (χ2v) is 12.7. The second-order valence-electron chi connectivity index (χ2n) is 9.07. The highest BCUT2D eigenvalue weighted by molar-refractivity contribution is 9.10. The molecular weight excluding hydrogens is 625 g/mol. The van der Waals surface area contributed by atoms with Gasteiger partial charge in [-0.1, -0.05) is 76.4 Å². The number of hydrogen-bond acceptors (Lipinski definition) is 4. The van der Waals surface area contributed by atoms with Crippen molar-refractivity contribution >= 4 is 66.7 Å². The monoisotopic (exact) mass is 653 g/mol. The molecule has 39 heavy (non-hydrogen) atoms. The van der Waals surface area contributed by atoms with Crippen LogP contribution in [0.25, 0.3) is 0 Å². The Morgan fingerprint density at radius 2 is 1.67 bits per heavy atom. The van der Waals surface area contributed by atoms with Crippen molar-refractivity contribution in [3.8, 4) is 0 Å². The predicted octanol–water partition coefficient (Wildman–Crippen LogP) is 6.28. The van der Waals surface area contributed by atoms with Gasteiger partial charge in [0.25, 0.3) is 10.0 Å². The summed E-state index contributed by atoms with van der Waals surface area (Å²) >= 11 is 15.9. The highest BCUT2D eigenvalue weighted by atomic mass is 79.9. The number of carbonyl (C=O) groups excluding carboxylic acids is 2. The van der Waals surface area contributed by atoms with E-state index in [1.807, 2.05) is 38.1 Å². The molecule has 0 saturated carbocycles. The van der Waals surface area contributed by atoms with Gasteiger partial charge < -0.3 is 10.2 Å². The number of halogens is 3. The molecule has 0 heterocycles. The van der Waals surface area contributed by atoms with Crippen LogP contribution in [0.2, 0.25) is 10.0 Å². The number of hydrogen-bond donors (Lipinski definition) is 1. The maximum absolute atomic E-state index is 13.9.